The predicted molar refractivity (Wildman–Crippen MR) is 58.3 cm³/mol. The zero-order valence-corrected chi connectivity index (χ0v) is 9.85. The summed E-state index contributed by atoms with van der Waals surface area (Å²) in [5.74, 6) is -1.50. The van der Waals surface area contributed by atoms with E-state index in [0.29, 0.717) is 11.6 Å². The van der Waals surface area contributed by atoms with Crippen molar-refractivity contribution in [2.75, 3.05) is 5.32 Å². The molecule has 0 bridgehead atoms. The van der Waals surface area contributed by atoms with E-state index >= 15 is 0 Å². The summed E-state index contributed by atoms with van der Waals surface area (Å²) in [6.07, 6.45) is 0. The molecule has 6 nitrogen and oxygen atoms in total. The molecule has 2 rings (SSSR count). The van der Waals surface area contributed by atoms with Crippen molar-refractivity contribution < 1.29 is 19.2 Å². The van der Waals surface area contributed by atoms with E-state index in [-0.39, 0.29) is 5.91 Å². The van der Waals surface area contributed by atoms with Crippen molar-refractivity contribution in [2.45, 2.75) is 20.8 Å². The highest BCUT2D eigenvalue weighted by Gasteiger charge is 2.65. The van der Waals surface area contributed by atoms with Gasteiger partial charge in [0.15, 0.2) is 5.82 Å². The van der Waals surface area contributed by atoms with Crippen LogP contribution in [0.15, 0.2) is 10.6 Å². The summed E-state index contributed by atoms with van der Waals surface area (Å²) in [7, 11) is 0. The number of anilines is 1. The van der Waals surface area contributed by atoms with Gasteiger partial charge in [-0.3, -0.25) is 9.59 Å². The number of rotatable bonds is 3. The van der Waals surface area contributed by atoms with Crippen LogP contribution in [0.2, 0.25) is 0 Å². The van der Waals surface area contributed by atoms with Crippen molar-refractivity contribution in [1.29, 1.82) is 0 Å². The molecule has 0 radical (unpaired) electrons. The Labute approximate surface area is 98.0 Å². The number of nitrogens with zero attached hydrogens (tertiary/aromatic N) is 1. The molecular formula is C11H14N2O4. The minimum Gasteiger partial charge on any atom is -0.481 e. The SMILES string of the molecule is Cc1cc(NC(=O)[C@H]2[C@@H](C(=O)O)C2(C)C)no1. The molecule has 2 atom stereocenters. The normalized spacial score (nSPS) is 25.4. The second kappa shape index (κ2) is 3.58. The van der Waals surface area contributed by atoms with E-state index in [0.717, 1.165) is 0 Å². The number of carboxylic acids is 1. The topological polar surface area (TPSA) is 92.4 Å². The Morgan fingerprint density at radius 2 is 2.12 bits per heavy atom. The molecule has 0 unspecified atom stereocenters. The van der Waals surface area contributed by atoms with Crippen LogP contribution in [-0.4, -0.2) is 22.1 Å². The first-order chi connectivity index (χ1) is 7.84. The summed E-state index contributed by atoms with van der Waals surface area (Å²) < 4.78 is 4.81. The highest BCUT2D eigenvalue weighted by molar-refractivity contribution is 5.99. The third-order valence-corrected chi connectivity index (χ3v) is 3.26. The summed E-state index contributed by atoms with van der Waals surface area (Å²) in [5.41, 5.74) is -0.505. The van der Waals surface area contributed by atoms with Crippen molar-refractivity contribution >= 4 is 17.7 Å². The number of carboxylic acid groups (broad SMARTS) is 1. The van der Waals surface area contributed by atoms with Crippen LogP contribution in [0.4, 0.5) is 5.82 Å². The number of nitrogens with one attached hydrogen (secondary N) is 1. The van der Waals surface area contributed by atoms with Crippen LogP contribution in [0.5, 0.6) is 0 Å². The maximum Gasteiger partial charge on any atom is 0.307 e. The van der Waals surface area contributed by atoms with E-state index in [1.54, 1.807) is 26.8 Å². The Hall–Kier alpha value is -1.85. The summed E-state index contributed by atoms with van der Waals surface area (Å²) in [4.78, 5) is 22.8. The molecule has 1 aliphatic carbocycles. The highest BCUT2D eigenvalue weighted by Crippen LogP contribution is 2.58. The molecule has 1 saturated carbocycles. The minimum absolute atomic E-state index is 0.319. The number of hydrogen-bond donors (Lipinski definition) is 2. The first-order valence-electron chi connectivity index (χ1n) is 5.31. The second-order valence-electron chi connectivity index (χ2n) is 4.93. The lowest BCUT2D eigenvalue weighted by Gasteiger charge is -2.01. The third-order valence-electron chi connectivity index (χ3n) is 3.26. The van der Waals surface area contributed by atoms with Crippen molar-refractivity contribution in [3.05, 3.63) is 11.8 Å². The first kappa shape index (κ1) is 11.6. The molecule has 0 aromatic carbocycles. The van der Waals surface area contributed by atoms with Gasteiger partial charge in [0.1, 0.15) is 5.76 Å². The molecule has 1 aromatic rings. The molecule has 0 aliphatic heterocycles. The standard InChI is InChI=1S/C11H14N2O4/c1-5-4-6(13-17-5)12-9(14)7-8(10(15)16)11(7,2)3/h4,7-8H,1-3H3,(H,15,16)(H,12,13,14)/t7-,8+/m1/s1. The third kappa shape index (κ3) is 1.90. The van der Waals surface area contributed by atoms with Gasteiger partial charge < -0.3 is 14.9 Å². The Morgan fingerprint density at radius 1 is 1.47 bits per heavy atom. The maximum atomic E-state index is 11.9. The minimum atomic E-state index is -0.938. The van der Waals surface area contributed by atoms with Gasteiger partial charge in [0.05, 0.1) is 11.8 Å². The second-order valence-corrected chi connectivity index (χ2v) is 4.93. The van der Waals surface area contributed by atoms with Crippen LogP contribution in [0, 0.1) is 24.2 Å². The summed E-state index contributed by atoms with van der Waals surface area (Å²) in [6, 6.07) is 1.59. The number of hydrogen-bond acceptors (Lipinski definition) is 4. The predicted octanol–water partition coefficient (Wildman–Crippen LogP) is 1.28. The fourth-order valence-electron chi connectivity index (χ4n) is 2.22. The average molecular weight is 238 g/mol. The average Bonchev–Trinajstić information content (AvgIpc) is 2.54. The van der Waals surface area contributed by atoms with Crippen LogP contribution < -0.4 is 5.32 Å². The fraction of sp³-hybridized carbons (Fsp3) is 0.545. The van der Waals surface area contributed by atoms with Crippen LogP contribution in [0.1, 0.15) is 19.6 Å². The number of aliphatic carboxylic acids is 1. The lowest BCUT2D eigenvalue weighted by Crippen LogP contribution is -2.17. The molecular weight excluding hydrogens is 224 g/mol. The van der Waals surface area contributed by atoms with Crippen LogP contribution in [0.25, 0.3) is 0 Å². The molecule has 1 fully saturated rings. The van der Waals surface area contributed by atoms with Gasteiger partial charge in [0.25, 0.3) is 0 Å². The molecule has 17 heavy (non-hydrogen) atoms. The monoisotopic (exact) mass is 238 g/mol. The van der Waals surface area contributed by atoms with Crippen molar-refractivity contribution in [2.24, 2.45) is 17.3 Å². The van der Waals surface area contributed by atoms with Gasteiger partial charge >= 0.3 is 5.97 Å². The molecule has 1 amide bonds. The Balaban J connectivity index is 2.05. The van der Waals surface area contributed by atoms with Gasteiger partial charge in [-0.2, -0.15) is 0 Å². The maximum absolute atomic E-state index is 11.9. The molecule has 0 saturated heterocycles. The van der Waals surface area contributed by atoms with E-state index in [1.807, 2.05) is 0 Å². The molecule has 1 aromatic heterocycles. The number of aryl methyl sites for hydroxylation is 1. The van der Waals surface area contributed by atoms with E-state index < -0.39 is 23.2 Å². The highest BCUT2D eigenvalue weighted by atomic mass is 16.5. The Kier molecular flexibility index (Phi) is 2.45. The van der Waals surface area contributed by atoms with Crippen molar-refractivity contribution in [3.63, 3.8) is 0 Å². The number of amides is 1. The van der Waals surface area contributed by atoms with E-state index in [2.05, 4.69) is 10.5 Å². The summed E-state index contributed by atoms with van der Waals surface area (Å²) >= 11 is 0. The quantitative estimate of drug-likeness (QED) is 0.827. The van der Waals surface area contributed by atoms with Crippen molar-refractivity contribution in [1.82, 2.24) is 5.16 Å². The van der Waals surface area contributed by atoms with Gasteiger partial charge in [0, 0.05) is 6.07 Å². The van der Waals surface area contributed by atoms with Gasteiger partial charge in [-0.15, -0.1) is 0 Å². The molecule has 1 heterocycles. The molecule has 2 N–H and O–H groups in total. The number of carbonyl (C=O) groups excluding carboxylic acids is 1. The van der Waals surface area contributed by atoms with Crippen LogP contribution >= 0.6 is 0 Å². The molecule has 0 spiro atoms. The van der Waals surface area contributed by atoms with Gasteiger partial charge in [-0.25, -0.2) is 0 Å². The van der Waals surface area contributed by atoms with Crippen molar-refractivity contribution in [3.8, 4) is 0 Å². The molecule has 92 valence electrons. The first-order valence-corrected chi connectivity index (χ1v) is 5.31. The van der Waals surface area contributed by atoms with E-state index in [1.165, 1.54) is 0 Å². The molecule has 1 aliphatic rings. The van der Waals surface area contributed by atoms with Gasteiger partial charge in [-0.1, -0.05) is 19.0 Å². The number of carbonyl (C=O) groups is 2. The number of aromatic nitrogens is 1. The Morgan fingerprint density at radius 3 is 2.53 bits per heavy atom. The van der Waals surface area contributed by atoms with Gasteiger partial charge in [0.2, 0.25) is 5.91 Å². The van der Waals surface area contributed by atoms with E-state index in [4.69, 9.17) is 9.63 Å². The summed E-state index contributed by atoms with van der Waals surface area (Å²) in [6.45, 7) is 5.25. The van der Waals surface area contributed by atoms with Crippen LogP contribution in [-0.2, 0) is 9.59 Å². The Bertz CT molecular complexity index is 478. The largest absolute Gasteiger partial charge is 0.481 e. The fourth-order valence-corrected chi connectivity index (χ4v) is 2.22. The van der Waals surface area contributed by atoms with Crippen LogP contribution in [0.3, 0.4) is 0 Å². The van der Waals surface area contributed by atoms with Gasteiger partial charge in [-0.05, 0) is 12.3 Å². The molecule has 6 heteroatoms. The zero-order chi connectivity index (χ0) is 12.8. The van der Waals surface area contributed by atoms with E-state index in [9.17, 15) is 9.59 Å². The lowest BCUT2D eigenvalue weighted by molar-refractivity contribution is -0.140. The summed E-state index contributed by atoms with van der Waals surface area (Å²) in [5, 5.41) is 15.2. The lowest BCUT2D eigenvalue weighted by atomic mass is 10.1. The zero-order valence-electron chi connectivity index (χ0n) is 9.85. The smallest absolute Gasteiger partial charge is 0.307 e.